The van der Waals surface area contributed by atoms with Crippen molar-refractivity contribution in [2.24, 2.45) is 0 Å². The average molecular weight is 340 g/mol. The highest BCUT2D eigenvalue weighted by atomic mass is 16.2. The summed E-state index contributed by atoms with van der Waals surface area (Å²) < 4.78 is 0. The Labute approximate surface area is 150 Å². The van der Waals surface area contributed by atoms with Crippen LogP contribution < -0.4 is 0 Å². The zero-order valence-corrected chi connectivity index (χ0v) is 14.0. The van der Waals surface area contributed by atoms with Crippen LogP contribution in [0.5, 0.6) is 0 Å². The molecule has 0 fully saturated rings. The van der Waals surface area contributed by atoms with E-state index in [1.54, 1.807) is 6.20 Å². The van der Waals surface area contributed by atoms with E-state index in [-0.39, 0.29) is 5.91 Å². The summed E-state index contributed by atoms with van der Waals surface area (Å²) >= 11 is 0. The number of aromatic nitrogens is 3. The molecular formula is C21H16N4O. The molecule has 0 atom stereocenters. The highest BCUT2D eigenvalue weighted by Gasteiger charge is 2.23. The third-order valence-corrected chi connectivity index (χ3v) is 4.87. The van der Waals surface area contributed by atoms with Gasteiger partial charge in [0.25, 0.3) is 5.91 Å². The molecule has 5 nitrogen and oxygen atoms in total. The summed E-state index contributed by atoms with van der Waals surface area (Å²) in [6.45, 7) is 1.21. The highest BCUT2D eigenvalue weighted by Crippen LogP contribution is 2.29. The first-order valence-corrected chi connectivity index (χ1v) is 8.55. The molecule has 126 valence electrons. The maximum absolute atomic E-state index is 12.9. The van der Waals surface area contributed by atoms with Gasteiger partial charge in [0.2, 0.25) is 0 Å². The molecule has 0 saturated carbocycles. The fraction of sp³-hybridized carbons (Fsp3) is 0.0952. The second-order valence-electron chi connectivity index (χ2n) is 6.45. The monoisotopic (exact) mass is 340 g/mol. The van der Waals surface area contributed by atoms with Crippen LogP contribution in [0.3, 0.4) is 0 Å². The van der Waals surface area contributed by atoms with Crippen LogP contribution >= 0.6 is 0 Å². The summed E-state index contributed by atoms with van der Waals surface area (Å²) in [5, 5.41) is 3.28. The topological polar surface area (TPSA) is 61.9 Å². The van der Waals surface area contributed by atoms with Gasteiger partial charge in [0.05, 0.1) is 0 Å². The first-order valence-electron chi connectivity index (χ1n) is 8.55. The Morgan fingerprint density at radius 3 is 2.88 bits per heavy atom. The molecule has 0 spiro atoms. The molecule has 2 aromatic carbocycles. The van der Waals surface area contributed by atoms with Crippen LogP contribution in [0.15, 0.2) is 67.1 Å². The van der Waals surface area contributed by atoms with Gasteiger partial charge in [-0.2, -0.15) is 0 Å². The van der Waals surface area contributed by atoms with Gasteiger partial charge in [-0.05, 0) is 28.0 Å². The molecule has 1 aliphatic rings. The minimum Gasteiger partial charge on any atom is -0.335 e. The second-order valence-corrected chi connectivity index (χ2v) is 6.45. The van der Waals surface area contributed by atoms with Gasteiger partial charge in [-0.25, -0.2) is 9.97 Å². The van der Waals surface area contributed by atoms with Gasteiger partial charge < -0.3 is 9.88 Å². The van der Waals surface area contributed by atoms with Crippen molar-refractivity contribution in [2.75, 3.05) is 13.1 Å². The third kappa shape index (κ3) is 2.37. The summed E-state index contributed by atoms with van der Waals surface area (Å²) in [5.74, 6) is -0.0190. The third-order valence-electron chi connectivity index (χ3n) is 4.87. The van der Waals surface area contributed by atoms with Crippen LogP contribution in [0.25, 0.3) is 27.4 Å². The van der Waals surface area contributed by atoms with Gasteiger partial charge in [-0.3, -0.25) is 4.79 Å². The van der Waals surface area contributed by atoms with Gasteiger partial charge in [0, 0.05) is 24.7 Å². The van der Waals surface area contributed by atoms with Gasteiger partial charge in [0.1, 0.15) is 17.7 Å². The number of nitrogens with zero attached hydrogens (tertiary/aromatic N) is 3. The van der Waals surface area contributed by atoms with Gasteiger partial charge in [-0.1, -0.05) is 48.5 Å². The number of H-pyrrole nitrogens is 1. The molecule has 0 unspecified atom stereocenters. The van der Waals surface area contributed by atoms with Gasteiger partial charge in [0.15, 0.2) is 0 Å². The zero-order valence-electron chi connectivity index (χ0n) is 14.0. The summed E-state index contributed by atoms with van der Waals surface area (Å²) in [4.78, 5) is 26.0. The van der Waals surface area contributed by atoms with E-state index in [2.05, 4.69) is 57.4 Å². The van der Waals surface area contributed by atoms with Crippen molar-refractivity contribution in [3.63, 3.8) is 0 Å². The van der Waals surface area contributed by atoms with Crippen molar-refractivity contribution in [1.29, 1.82) is 0 Å². The van der Waals surface area contributed by atoms with Crippen LogP contribution in [0, 0.1) is 0 Å². The van der Waals surface area contributed by atoms with Crippen LogP contribution in [-0.4, -0.2) is 38.8 Å². The Kier molecular flexibility index (Phi) is 3.31. The number of nitrogens with one attached hydrogen (secondary N) is 1. The van der Waals surface area contributed by atoms with Gasteiger partial charge in [-0.15, -0.1) is 0 Å². The quantitative estimate of drug-likeness (QED) is 0.606. The molecule has 1 N–H and O–H groups in total. The molecule has 4 aromatic rings. The van der Waals surface area contributed by atoms with E-state index in [1.165, 1.54) is 28.2 Å². The Morgan fingerprint density at radius 1 is 1.08 bits per heavy atom. The molecule has 0 radical (unpaired) electrons. The number of amides is 1. The van der Waals surface area contributed by atoms with Crippen molar-refractivity contribution < 1.29 is 4.79 Å². The predicted octanol–water partition coefficient (Wildman–Crippen LogP) is 3.65. The summed E-state index contributed by atoms with van der Waals surface area (Å²) in [5.41, 5.74) is 3.62. The lowest BCUT2D eigenvalue weighted by Crippen LogP contribution is -2.29. The van der Waals surface area contributed by atoms with E-state index in [0.717, 1.165) is 5.39 Å². The fourth-order valence-electron chi connectivity index (χ4n) is 3.57. The molecule has 2 aromatic heterocycles. The number of rotatable bonds is 2. The second kappa shape index (κ2) is 5.81. The van der Waals surface area contributed by atoms with Crippen molar-refractivity contribution in [3.05, 3.63) is 78.4 Å². The molecule has 5 heteroatoms. The number of carbonyl (C=O) groups excluding carboxylic acids is 1. The number of benzene rings is 2. The van der Waals surface area contributed by atoms with Crippen molar-refractivity contribution >= 4 is 33.3 Å². The smallest absolute Gasteiger partial charge is 0.270 e. The summed E-state index contributed by atoms with van der Waals surface area (Å²) in [7, 11) is 0. The van der Waals surface area contributed by atoms with Crippen LogP contribution in [0.2, 0.25) is 0 Å². The molecule has 1 amide bonds. The SMILES string of the molecule is O=C(c1cc2cncnc2[nH]1)N1CC=C(c2cccc3ccccc23)C1. The van der Waals surface area contributed by atoms with Crippen LogP contribution in [0.1, 0.15) is 16.1 Å². The average Bonchev–Trinajstić information content (AvgIpc) is 3.34. The first kappa shape index (κ1) is 14.8. The number of hydrogen-bond acceptors (Lipinski definition) is 3. The lowest BCUT2D eigenvalue weighted by atomic mass is 9.99. The zero-order chi connectivity index (χ0) is 17.5. The minimum absolute atomic E-state index is 0.0190. The van der Waals surface area contributed by atoms with E-state index in [9.17, 15) is 4.79 Å². The maximum atomic E-state index is 12.9. The Bertz CT molecular complexity index is 1140. The minimum atomic E-state index is -0.0190. The maximum Gasteiger partial charge on any atom is 0.270 e. The standard InChI is InChI=1S/C21H16N4O/c26-21(19-10-16-11-22-13-23-20(16)24-19)25-9-8-15(12-25)18-7-3-5-14-4-1-2-6-17(14)18/h1-8,10-11,13H,9,12H2,(H,22,23,24). The molecule has 5 rings (SSSR count). The van der Waals surface area contributed by atoms with E-state index in [4.69, 9.17) is 0 Å². The first-order chi connectivity index (χ1) is 12.8. The molecule has 1 aliphatic heterocycles. The number of fused-ring (bicyclic) bond motifs is 2. The largest absolute Gasteiger partial charge is 0.335 e. The molecular weight excluding hydrogens is 324 g/mol. The Morgan fingerprint density at radius 2 is 1.96 bits per heavy atom. The molecule has 0 saturated heterocycles. The lowest BCUT2D eigenvalue weighted by molar-refractivity contribution is 0.0796. The van der Waals surface area contributed by atoms with Crippen molar-refractivity contribution in [1.82, 2.24) is 19.9 Å². The number of carbonyl (C=O) groups is 1. The molecule has 3 heterocycles. The number of aromatic amines is 1. The Balaban J connectivity index is 1.43. The van der Waals surface area contributed by atoms with E-state index in [0.29, 0.717) is 24.4 Å². The van der Waals surface area contributed by atoms with Crippen LogP contribution in [0.4, 0.5) is 0 Å². The summed E-state index contributed by atoms with van der Waals surface area (Å²) in [6, 6.07) is 16.5. The highest BCUT2D eigenvalue weighted by molar-refractivity contribution is 6.00. The van der Waals surface area contributed by atoms with Crippen molar-refractivity contribution in [3.8, 4) is 0 Å². The Hall–Kier alpha value is -3.47. The van der Waals surface area contributed by atoms with Gasteiger partial charge >= 0.3 is 0 Å². The summed E-state index contributed by atoms with van der Waals surface area (Å²) in [6.07, 6.45) is 5.32. The lowest BCUT2D eigenvalue weighted by Gasteiger charge is -2.16. The van der Waals surface area contributed by atoms with E-state index in [1.807, 2.05) is 17.0 Å². The van der Waals surface area contributed by atoms with Crippen LogP contribution in [-0.2, 0) is 0 Å². The number of hydrogen-bond donors (Lipinski definition) is 1. The molecule has 0 aliphatic carbocycles. The predicted molar refractivity (Wildman–Crippen MR) is 102 cm³/mol. The fourth-order valence-corrected chi connectivity index (χ4v) is 3.57. The normalized spacial score (nSPS) is 14.2. The van der Waals surface area contributed by atoms with E-state index >= 15 is 0 Å². The van der Waals surface area contributed by atoms with Crippen molar-refractivity contribution in [2.45, 2.75) is 0 Å². The molecule has 0 bridgehead atoms. The molecule has 26 heavy (non-hydrogen) atoms. The van der Waals surface area contributed by atoms with E-state index < -0.39 is 0 Å².